The van der Waals surface area contributed by atoms with Gasteiger partial charge in [-0.05, 0) is 6.92 Å². The van der Waals surface area contributed by atoms with Crippen molar-refractivity contribution in [2.75, 3.05) is 20.3 Å². The Bertz CT molecular complexity index is 295. The van der Waals surface area contributed by atoms with E-state index in [2.05, 4.69) is 10.2 Å². The van der Waals surface area contributed by atoms with E-state index in [1.165, 1.54) is 23.1 Å². The van der Waals surface area contributed by atoms with Crippen molar-refractivity contribution < 1.29 is 9.84 Å². The quantitative estimate of drug-likeness (QED) is 0.705. The molecule has 0 fully saturated rings. The number of hydrogen-bond donors (Lipinski definition) is 2. The summed E-state index contributed by atoms with van der Waals surface area (Å²) in [7, 11) is 1.59. The predicted molar refractivity (Wildman–Crippen MR) is 61.2 cm³/mol. The van der Waals surface area contributed by atoms with Crippen LogP contribution >= 0.6 is 23.1 Å². The van der Waals surface area contributed by atoms with Crippen molar-refractivity contribution in [2.24, 2.45) is 5.73 Å². The van der Waals surface area contributed by atoms with Crippen LogP contribution in [0.25, 0.3) is 0 Å². The summed E-state index contributed by atoms with van der Waals surface area (Å²) in [5, 5.41) is 17.9. The number of nitrogens with zero attached hydrogens (tertiary/aromatic N) is 2. The van der Waals surface area contributed by atoms with Gasteiger partial charge in [0.1, 0.15) is 5.01 Å². The number of ether oxygens (including phenoxy) is 1. The zero-order chi connectivity index (χ0) is 11.3. The molecule has 2 atom stereocenters. The average Bonchev–Trinajstić information content (AvgIpc) is 2.61. The lowest BCUT2D eigenvalue weighted by atomic mass is 10.2. The van der Waals surface area contributed by atoms with Gasteiger partial charge in [0.05, 0.1) is 18.5 Å². The molecule has 2 unspecified atom stereocenters. The van der Waals surface area contributed by atoms with Crippen LogP contribution in [0.2, 0.25) is 0 Å². The summed E-state index contributed by atoms with van der Waals surface area (Å²) in [6.45, 7) is 2.33. The molecule has 0 aliphatic carbocycles. The molecule has 0 amide bonds. The largest absolute Gasteiger partial charge is 0.395 e. The van der Waals surface area contributed by atoms with Crippen LogP contribution in [0.4, 0.5) is 0 Å². The summed E-state index contributed by atoms with van der Waals surface area (Å²) >= 11 is 2.95. The first-order valence-corrected chi connectivity index (χ1v) is 6.19. The minimum Gasteiger partial charge on any atom is -0.395 e. The number of methoxy groups -OCH3 is 1. The van der Waals surface area contributed by atoms with Crippen molar-refractivity contribution in [3.05, 3.63) is 5.01 Å². The van der Waals surface area contributed by atoms with Gasteiger partial charge in [0.25, 0.3) is 0 Å². The molecular weight excluding hydrogens is 234 g/mol. The summed E-state index contributed by atoms with van der Waals surface area (Å²) < 4.78 is 5.78. The first-order chi connectivity index (χ1) is 7.17. The summed E-state index contributed by atoms with van der Waals surface area (Å²) in [6, 6.07) is -0.200. The molecule has 7 heteroatoms. The zero-order valence-corrected chi connectivity index (χ0v) is 10.3. The Hall–Kier alpha value is -0.210. The molecule has 1 rings (SSSR count). The van der Waals surface area contributed by atoms with Crippen LogP contribution in [0.15, 0.2) is 4.34 Å². The van der Waals surface area contributed by atoms with E-state index in [9.17, 15) is 5.11 Å². The molecule has 0 aliphatic rings. The molecule has 3 N–H and O–H groups in total. The first-order valence-electron chi connectivity index (χ1n) is 4.49. The fourth-order valence-electron chi connectivity index (χ4n) is 1.02. The van der Waals surface area contributed by atoms with Crippen LogP contribution in [0.5, 0.6) is 0 Å². The van der Waals surface area contributed by atoms with E-state index in [0.717, 1.165) is 9.35 Å². The minimum atomic E-state index is -0.200. The van der Waals surface area contributed by atoms with Crippen LogP contribution < -0.4 is 5.73 Å². The molecule has 0 radical (unpaired) electrons. The minimum absolute atomic E-state index is 0.00776. The molecule has 0 aromatic carbocycles. The van der Waals surface area contributed by atoms with E-state index in [1.807, 2.05) is 6.92 Å². The van der Waals surface area contributed by atoms with E-state index >= 15 is 0 Å². The fraction of sp³-hybridized carbons (Fsp3) is 0.750. The van der Waals surface area contributed by atoms with Gasteiger partial charge in [-0.25, -0.2) is 0 Å². The average molecular weight is 249 g/mol. The smallest absolute Gasteiger partial charge is 0.174 e. The van der Waals surface area contributed by atoms with Gasteiger partial charge in [0.15, 0.2) is 4.34 Å². The Labute approximate surface area is 97.0 Å². The Morgan fingerprint density at radius 2 is 2.33 bits per heavy atom. The van der Waals surface area contributed by atoms with Gasteiger partial charge in [0.2, 0.25) is 0 Å². The molecule has 1 heterocycles. The van der Waals surface area contributed by atoms with E-state index in [-0.39, 0.29) is 17.9 Å². The molecule has 1 aromatic rings. The first kappa shape index (κ1) is 12.9. The number of aliphatic hydroxyl groups excluding tert-OH is 1. The summed E-state index contributed by atoms with van der Waals surface area (Å²) in [4.78, 5) is 0. The predicted octanol–water partition coefficient (Wildman–Crippen LogP) is 0.273. The molecule has 15 heavy (non-hydrogen) atoms. The number of aromatic nitrogens is 2. The van der Waals surface area contributed by atoms with Crippen molar-refractivity contribution in [1.29, 1.82) is 0 Å². The maximum atomic E-state index is 9.19. The van der Waals surface area contributed by atoms with Crippen LogP contribution in [0, 0.1) is 6.92 Å². The third-order valence-electron chi connectivity index (χ3n) is 1.78. The van der Waals surface area contributed by atoms with Crippen molar-refractivity contribution in [1.82, 2.24) is 10.2 Å². The Balaban J connectivity index is 2.53. The second kappa shape index (κ2) is 6.39. The summed E-state index contributed by atoms with van der Waals surface area (Å²) in [5.41, 5.74) is 5.84. The molecule has 0 spiro atoms. The van der Waals surface area contributed by atoms with Crippen molar-refractivity contribution in [3.63, 3.8) is 0 Å². The molecule has 0 aliphatic heterocycles. The lowest BCUT2D eigenvalue weighted by Gasteiger charge is -2.18. The topological polar surface area (TPSA) is 81.3 Å². The monoisotopic (exact) mass is 249 g/mol. The molecule has 1 aromatic heterocycles. The van der Waals surface area contributed by atoms with Gasteiger partial charge < -0.3 is 15.6 Å². The molecule has 86 valence electrons. The van der Waals surface area contributed by atoms with Gasteiger partial charge in [-0.15, -0.1) is 10.2 Å². The Kier molecular flexibility index (Phi) is 5.48. The number of rotatable bonds is 6. The molecule has 0 bridgehead atoms. The normalized spacial score (nSPS) is 15.2. The molecule has 0 saturated carbocycles. The van der Waals surface area contributed by atoms with E-state index < -0.39 is 0 Å². The second-order valence-corrected chi connectivity index (χ2v) is 5.71. The van der Waals surface area contributed by atoms with Gasteiger partial charge in [-0.2, -0.15) is 0 Å². The number of thioether (sulfide) groups is 1. The highest BCUT2D eigenvalue weighted by molar-refractivity contribution is 8.01. The molecule has 5 nitrogen and oxygen atoms in total. The molecule has 0 saturated heterocycles. The van der Waals surface area contributed by atoms with E-state index in [1.54, 1.807) is 7.11 Å². The summed E-state index contributed by atoms with van der Waals surface area (Å²) in [6.07, 6.45) is 0. The van der Waals surface area contributed by atoms with Crippen molar-refractivity contribution >= 4 is 23.1 Å². The number of aliphatic hydroxyl groups is 1. The zero-order valence-electron chi connectivity index (χ0n) is 8.71. The lowest BCUT2D eigenvalue weighted by molar-refractivity contribution is 0.167. The number of nitrogens with two attached hydrogens (primary N) is 1. The molecular formula is C8H15N3O2S2. The van der Waals surface area contributed by atoms with Crippen LogP contribution in [0.1, 0.15) is 5.01 Å². The number of aryl methyl sites for hydroxylation is 1. The van der Waals surface area contributed by atoms with Crippen LogP contribution in [-0.2, 0) is 4.74 Å². The second-order valence-electron chi connectivity index (χ2n) is 3.05. The SMILES string of the molecule is COCC(N)C(CO)Sc1nnc(C)s1. The van der Waals surface area contributed by atoms with Gasteiger partial charge in [-0.3, -0.25) is 0 Å². The van der Waals surface area contributed by atoms with Crippen molar-refractivity contribution in [3.8, 4) is 0 Å². The lowest BCUT2D eigenvalue weighted by Crippen LogP contribution is -2.38. The van der Waals surface area contributed by atoms with Gasteiger partial charge >= 0.3 is 0 Å². The summed E-state index contributed by atoms with van der Waals surface area (Å²) in [5.74, 6) is 0. The van der Waals surface area contributed by atoms with E-state index in [0.29, 0.717) is 6.61 Å². The van der Waals surface area contributed by atoms with Gasteiger partial charge in [-0.1, -0.05) is 23.1 Å². The number of hydrogen-bond acceptors (Lipinski definition) is 7. The highest BCUT2D eigenvalue weighted by atomic mass is 32.2. The van der Waals surface area contributed by atoms with Gasteiger partial charge in [0, 0.05) is 13.2 Å². The highest BCUT2D eigenvalue weighted by Gasteiger charge is 2.20. The standard InChI is InChI=1S/C8H15N3O2S2/c1-5-10-11-8(14-5)15-7(3-12)6(9)4-13-2/h6-7,12H,3-4,9H2,1-2H3. The van der Waals surface area contributed by atoms with E-state index in [4.69, 9.17) is 10.5 Å². The van der Waals surface area contributed by atoms with Crippen LogP contribution in [0.3, 0.4) is 0 Å². The van der Waals surface area contributed by atoms with Crippen molar-refractivity contribution in [2.45, 2.75) is 22.6 Å². The van der Waals surface area contributed by atoms with Crippen LogP contribution in [-0.4, -0.2) is 46.9 Å². The highest BCUT2D eigenvalue weighted by Crippen LogP contribution is 2.27. The maximum absolute atomic E-state index is 9.19. The Morgan fingerprint density at radius 1 is 1.60 bits per heavy atom. The third kappa shape index (κ3) is 4.04. The third-order valence-corrected chi connectivity index (χ3v) is 4.03. The Morgan fingerprint density at radius 3 is 2.80 bits per heavy atom. The maximum Gasteiger partial charge on any atom is 0.174 e. The fourth-order valence-corrected chi connectivity index (χ4v) is 3.03.